The normalized spacial score (nSPS) is 11.7. The largest absolute Gasteiger partial charge is 0.423 e. The van der Waals surface area contributed by atoms with Gasteiger partial charge in [-0.1, -0.05) is 49.9 Å². The van der Waals surface area contributed by atoms with Crippen LogP contribution in [0.25, 0.3) is 11.1 Å². The monoisotopic (exact) mass is 370 g/mol. The molecule has 0 atom stereocenters. The number of carbonyl (C=O) groups is 1. The molecule has 0 heterocycles. The second-order valence-electron chi connectivity index (χ2n) is 6.57. The van der Waals surface area contributed by atoms with E-state index in [1.807, 2.05) is 31.2 Å². The first-order valence-corrected chi connectivity index (χ1v) is 8.91. The molecule has 2 aromatic rings. The van der Waals surface area contributed by atoms with Crippen LogP contribution in [0.2, 0.25) is 0 Å². The van der Waals surface area contributed by atoms with Gasteiger partial charge in [-0.25, -0.2) is 4.79 Å². The van der Waals surface area contributed by atoms with Crippen LogP contribution in [0.5, 0.6) is 5.75 Å². The Bertz CT molecular complexity index is 776. The maximum absolute atomic E-state index is 11.3. The van der Waals surface area contributed by atoms with Gasteiger partial charge in [-0.3, -0.25) is 0 Å². The predicted molar refractivity (Wildman–Crippen MR) is 104 cm³/mol. The first-order valence-electron chi connectivity index (χ1n) is 8.91. The molecule has 144 valence electrons. The fraction of sp³-hybridized carbons (Fsp3) is 0.318. The van der Waals surface area contributed by atoms with Crippen molar-refractivity contribution in [3.63, 3.8) is 0 Å². The van der Waals surface area contributed by atoms with Gasteiger partial charge in [-0.2, -0.15) is 0 Å². The van der Waals surface area contributed by atoms with Crippen LogP contribution in [0.3, 0.4) is 0 Å². The van der Waals surface area contributed by atoms with E-state index in [4.69, 9.17) is 20.1 Å². The summed E-state index contributed by atoms with van der Waals surface area (Å²) in [5.41, 5.74) is 4.06. The van der Waals surface area contributed by atoms with Crippen molar-refractivity contribution in [2.45, 2.75) is 19.8 Å². The number of fused-ring (bicyclic) bond motifs is 3. The summed E-state index contributed by atoms with van der Waals surface area (Å²) in [5, 5.41) is 26.0. The molecular weight excluding hydrogens is 344 g/mol. The van der Waals surface area contributed by atoms with E-state index >= 15 is 0 Å². The first-order chi connectivity index (χ1) is 13.0. The summed E-state index contributed by atoms with van der Waals surface area (Å²) in [6.45, 7) is 4.77. The van der Waals surface area contributed by atoms with Crippen LogP contribution in [0.4, 0.5) is 0 Å². The summed E-state index contributed by atoms with van der Waals surface area (Å²) < 4.78 is 5.28. The minimum atomic E-state index is -0.667. The van der Waals surface area contributed by atoms with E-state index in [9.17, 15) is 4.79 Å². The standard InChI is InChI=1S/C16H12O2.C6H14O3/c1-2-16(17)18-15-9-5-8-13-12-7-4-3-6-11(12)10-14(13)15;1-2-6(3-7,4-8)5-9/h2-9H,1,10H2;7-9H,2-5H2,1H3. The molecule has 0 aromatic heterocycles. The second kappa shape index (κ2) is 9.46. The van der Waals surface area contributed by atoms with E-state index < -0.39 is 11.4 Å². The maximum atomic E-state index is 11.3. The Hall–Kier alpha value is -2.47. The Kier molecular flexibility index (Phi) is 7.30. The van der Waals surface area contributed by atoms with Crippen LogP contribution in [0.15, 0.2) is 55.1 Å². The van der Waals surface area contributed by atoms with Crippen molar-refractivity contribution in [3.05, 3.63) is 66.2 Å². The van der Waals surface area contributed by atoms with Gasteiger partial charge in [0.15, 0.2) is 0 Å². The lowest BCUT2D eigenvalue weighted by Gasteiger charge is -2.24. The first kappa shape index (κ1) is 20.8. The molecule has 1 aliphatic rings. The Morgan fingerprint density at radius 3 is 2.26 bits per heavy atom. The summed E-state index contributed by atoms with van der Waals surface area (Å²) >= 11 is 0. The molecule has 1 aliphatic carbocycles. The number of hydrogen-bond acceptors (Lipinski definition) is 5. The maximum Gasteiger partial charge on any atom is 0.335 e. The van der Waals surface area contributed by atoms with Crippen LogP contribution in [0, 0.1) is 5.41 Å². The van der Waals surface area contributed by atoms with Gasteiger partial charge in [-0.05, 0) is 29.2 Å². The molecule has 5 nitrogen and oxygen atoms in total. The van der Waals surface area contributed by atoms with Gasteiger partial charge in [0.25, 0.3) is 0 Å². The molecule has 0 aliphatic heterocycles. The zero-order chi connectivity index (χ0) is 19.9. The molecule has 2 aromatic carbocycles. The molecule has 0 saturated carbocycles. The van der Waals surface area contributed by atoms with Crippen LogP contribution in [-0.2, 0) is 11.2 Å². The third kappa shape index (κ3) is 4.63. The lowest BCUT2D eigenvalue weighted by atomic mass is 9.88. The zero-order valence-electron chi connectivity index (χ0n) is 15.5. The summed E-state index contributed by atoms with van der Waals surface area (Å²) in [6, 6.07) is 14.1. The van der Waals surface area contributed by atoms with Crippen molar-refractivity contribution >= 4 is 5.97 Å². The summed E-state index contributed by atoms with van der Waals surface area (Å²) in [5.74, 6) is 0.216. The molecule has 3 N–H and O–H groups in total. The molecule has 0 fully saturated rings. The average Bonchev–Trinajstić information content (AvgIpc) is 3.10. The number of rotatable bonds is 6. The lowest BCUT2D eigenvalue weighted by Crippen LogP contribution is -2.32. The molecular formula is C22H26O5. The van der Waals surface area contributed by atoms with Gasteiger partial charge >= 0.3 is 5.97 Å². The quantitative estimate of drug-likeness (QED) is 0.353. The smallest absolute Gasteiger partial charge is 0.335 e. The van der Waals surface area contributed by atoms with E-state index in [0.717, 1.165) is 17.5 Å². The molecule has 0 unspecified atom stereocenters. The fourth-order valence-corrected chi connectivity index (χ4v) is 2.86. The van der Waals surface area contributed by atoms with Crippen LogP contribution < -0.4 is 4.74 Å². The second-order valence-corrected chi connectivity index (χ2v) is 6.57. The summed E-state index contributed by atoms with van der Waals surface area (Å²) in [7, 11) is 0. The highest BCUT2D eigenvalue weighted by atomic mass is 16.5. The molecule has 0 saturated heterocycles. The van der Waals surface area contributed by atoms with E-state index in [1.54, 1.807) is 0 Å². The van der Waals surface area contributed by atoms with Crippen LogP contribution in [0.1, 0.15) is 24.5 Å². The van der Waals surface area contributed by atoms with Gasteiger partial charge in [0.1, 0.15) is 5.75 Å². The van der Waals surface area contributed by atoms with Crippen molar-refractivity contribution in [2.24, 2.45) is 5.41 Å². The molecule has 5 heteroatoms. The molecule has 3 rings (SSSR count). The lowest BCUT2D eigenvalue weighted by molar-refractivity contribution is -0.129. The number of aliphatic hydroxyl groups excluding tert-OH is 3. The van der Waals surface area contributed by atoms with Crippen LogP contribution >= 0.6 is 0 Å². The number of benzene rings is 2. The van der Waals surface area contributed by atoms with Gasteiger partial charge in [0.05, 0.1) is 19.8 Å². The van der Waals surface area contributed by atoms with Gasteiger partial charge < -0.3 is 20.1 Å². The third-order valence-corrected chi connectivity index (χ3v) is 4.94. The predicted octanol–water partition coefficient (Wildman–Crippen LogP) is 2.71. The van der Waals surface area contributed by atoms with Gasteiger partial charge in [0.2, 0.25) is 0 Å². The SMILES string of the molecule is C=CC(=O)Oc1cccc2c1Cc1ccccc1-2.CCC(CO)(CO)CO. The summed E-state index contributed by atoms with van der Waals surface area (Å²) in [4.78, 5) is 11.3. The average molecular weight is 370 g/mol. The molecule has 0 amide bonds. The third-order valence-electron chi connectivity index (χ3n) is 4.94. The van der Waals surface area contributed by atoms with Gasteiger partial charge in [0, 0.05) is 23.5 Å². The Balaban J connectivity index is 0.000000249. The minimum Gasteiger partial charge on any atom is -0.423 e. The molecule has 0 spiro atoms. The highest BCUT2D eigenvalue weighted by molar-refractivity contribution is 5.85. The van der Waals surface area contributed by atoms with Crippen molar-refractivity contribution < 1.29 is 24.9 Å². The Morgan fingerprint density at radius 1 is 1.07 bits per heavy atom. The number of carbonyl (C=O) groups excluding carboxylic acids is 1. The highest BCUT2D eigenvalue weighted by Crippen LogP contribution is 2.40. The number of aliphatic hydroxyl groups is 3. The highest BCUT2D eigenvalue weighted by Gasteiger charge is 2.25. The topological polar surface area (TPSA) is 87.0 Å². The van der Waals surface area contributed by atoms with Gasteiger partial charge in [-0.15, -0.1) is 0 Å². The fourth-order valence-electron chi connectivity index (χ4n) is 2.86. The number of esters is 1. The van der Waals surface area contributed by atoms with E-state index in [0.29, 0.717) is 12.2 Å². The molecule has 0 radical (unpaired) electrons. The summed E-state index contributed by atoms with van der Waals surface area (Å²) in [6.07, 6.45) is 2.59. The Labute approximate surface area is 159 Å². The van der Waals surface area contributed by atoms with E-state index in [-0.39, 0.29) is 19.8 Å². The minimum absolute atomic E-state index is 0.156. The van der Waals surface area contributed by atoms with Crippen molar-refractivity contribution in [2.75, 3.05) is 19.8 Å². The van der Waals surface area contributed by atoms with Crippen LogP contribution in [-0.4, -0.2) is 41.1 Å². The Morgan fingerprint density at radius 2 is 1.70 bits per heavy atom. The molecule has 0 bridgehead atoms. The molecule has 27 heavy (non-hydrogen) atoms. The van der Waals surface area contributed by atoms with E-state index in [1.165, 1.54) is 17.2 Å². The van der Waals surface area contributed by atoms with E-state index in [2.05, 4.69) is 24.8 Å². The van der Waals surface area contributed by atoms with Crippen molar-refractivity contribution in [1.82, 2.24) is 0 Å². The number of ether oxygens (including phenoxy) is 1. The van der Waals surface area contributed by atoms with Crippen molar-refractivity contribution in [3.8, 4) is 16.9 Å². The zero-order valence-corrected chi connectivity index (χ0v) is 15.5. The number of hydrogen-bond donors (Lipinski definition) is 3. The van der Waals surface area contributed by atoms with Crippen molar-refractivity contribution in [1.29, 1.82) is 0 Å².